The molecule has 0 N–H and O–H groups in total. The lowest BCUT2D eigenvalue weighted by molar-refractivity contribution is -0.150. The van der Waals surface area contributed by atoms with Gasteiger partial charge in [-0.15, -0.1) is 6.58 Å². The van der Waals surface area contributed by atoms with E-state index >= 15 is 0 Å². The molecule has 4 unspecified atom stereocenters. The van der Waals surface area contributed by atoms with Crippen molar-refractivity contribution in [3.8, 4) is 0 Å². The second kappa shape index (κ2) is 18.8. The second-order valence-electron chi connectivity index (χ2n) is 12.2. The Balaban J connectivity index is 2.12. The fourth-order valence-corrected chi connectivity index (χ4v) is 6.48. The monoisotopic (exact) mass is 492 g/mol. The van der Waals surface area contributed by atoms with Crippen molar-refractivity contribution in [2.24, 2.45) is 5.92 Å². The molecule has 0 aromatic heterocycles. The van der Waals surface area contributed by atoms with Crippen LogP contribution in [0.15, 0.2) is 12.7 Å². The summed E-state index contributed by atoms with van der Waals surface area (Å²) < 4.78 is 6.58. The highest BCUT2D eigenvalue weighted by molar-refractivity contribution is 5.08. The molecule has 1 aliphatic heterocycles. The average molecular weight is 492 g/mol. The summed E-state index contributed by atoms with van der Waals surface area (Å²) >= 11 is 0. The Labute approximate surface area is 222 Å². The first kappa shape index (κ1) is 32.7. The van der Waals surface area contributed by atoms with Crippen LogP contribution >= 0.6 is 0 Å². The molecule has 0 aromatic rings. The van der Waals surface area contributed by atoms with E-state index in [1.165, 1.54) is 109 Å². The molecule has 1 saturated heterocycles. The number of rotatable bonds is 22. The lowest BCUT2D eigenvalue weighted by atomic mass is 9.68. The van der Waals surface area contributed by atoms with Crippen LogP contribution in [0.1, 0.15) is 164 Å². The largest absolute Gasteiger partial charge is 0.378 e. The van der Waals surface area contributed by atoms with E-state index in [0.29, 0.717) is 12.0 Å². The van der Waals surface area contributed by atoms with E-state index < -0.39 is 0 Å². The first-order chi connectivity index (χ1) is 16.9. The SMILES string of the molecule is C=CCN1C(C)(CC)CC(OCCCCCCCCCCCCCCCCCC)C(C)C1(C)CC. The molecule has 0 amide bonds. The van der Waals surface area contributed by atoms with Gasteiger partial charge in [-0.05, 0) is 39.5 Å². The van der Waals surface area contributed by atoms with Gasteiger partial charge in [0.15, 0.2) is 0 Å². The quantitative estimate of drug-likeness (QED) is 0.110. The predicted octanol–water partition coefficient (Wildman–Crippen LogP) is 10.5. The summed E-state index contributed by atoms with van der Waals surface area (Å²) in [6, 6.07) is 0. The van der Waals surface area contributed by atoms with Crippen molar-refractivity contribution in [1.29, 1.82) is 0 Å². The molecule has 1 rings (SSSR count). The molecular weight excluding hydrogens is 426 g/mol. The lowest BCUT2D eigenvalue weighted by Crippen LogP contribution is -2.68. The molecule has 2 heteroatoms. The van der Waals surface area contributed by atoms with E-state index in [9.17, 15) is 0 Å². The van der Waals surface area contributed by atoms with Gasteiger partial charge in [-0.25, -0.2) is 0 Å². The average Bonchev–Trinajstić information content (AvgIpc) is 2.86. The van der Waals surface area contributed by atoms with Crippen LogP contribution in [0.5, 0.6) is 0 Å². The summed E-state index contributed by atoms with van der Waals surface area (Å²) in [5.74, 6) is 0.549. The zero-order valence-electron chi connectivity index (χ0n) is 25.1. The Bertz CT molecular complexity index is 519. The highest BCUT2D eigenvalue weighted by Crippen LogP contribution is 2.46. The minimum Gasteiger partial charge on any atom is -0.378 e. The Morgan fingerprint density at radius 1 is 0.743 bits per heavy atom. The molecule has 0 aliphatic carbocycles. The Morgan fingerprint density at radius 2 is 1.20 bits per heavy atom. The molecule has 0 saturated carbocycles. The number of hydrogen-bond donors (Lipinski definition) is 0. The zero-order chi connectivity index (χ0) is 26.0. The van der Waals surface area contributed by atoms with Crippen LogP contribution in [0.3, 0.4) is 0 Å². The number of ether oxygens (including phenoxy) is 1. The molecule has 2 nitrogen and oxygen atoms in total. The van der Waals surface area contributed by atoms with Crippen LogP contribution in [0, 0.1) is 5.92 Å². The van der Waals surface area contributed by atoms with Crippen LogP contribution in [-0.4, -0.2) is 35.2 Å². The van der Waals surface area contributed by atoms with E-state index in [0.717, 1.165) is 26.0 Å². The van der Waals surface area contributed by atoms with Crippen molar-refractivity contribution in [3.63, 3.8) is 0 Å². The fraction of sp³-hybridized carbons (Fsp3) is 0.939. The van der Waals surface area contributed by atoms with E-state index in [4.69, 9.17) is 4.74 Å². The van der Waals surface area contributed by atoms with Crippen LogP contribution < -0.4 is 0 Å². The zero-order valence-corrected chi connectivity index (χ0v) is 25.1. The van der Waals surface area contributed by atoms with Crippen LogP contribution in [0.25, 0.3) is 0 Å². The van der Waals surface area contributed by atoms with Gasteiger partial charge in [0.2, 0.25) is 0 Å². The number of nitrogens with zero attached hydrogens (tertiary/aromatic N) is 1. The van der Waals surface area contributed by atoms with Crippen LogP contribution in [0.2, 0.25) is 0 Å². The number of likely N-dealkylation sites (tertiary alicyclic amines) is 1. The van der Waals surface area contributed by atoms with Gasteiger partial charge >= 0.3 is 0 Å². The number of piperidine rings is 1. The molecule has 0 radical (unpaired) electrons. The normalized spacial score (nSPS) is 27.4. The third kappa shape index (κ3) is 11.3. The van der Waals surface area contributed by atoms with Crippen molar-refractivity contribution in [3.05, 3.63) is 12.7 Å². The van der Waals surface area contributed by atoms with E-state index in [1.54, 1.807) is 0 Å². The summed E-state index contributed by atoms with van der Waals surface area (Å²) in [5, 5.41) is 0. The molecule has 4 atom stereocenters. The summed E-state index contributed by atoms with van der Waals surface area (Å²) in [6.45, 7) is 20.3. The Hall–Kier alpha value is -0.340. The summed E-state index contributed by atoms with van der Waals surface area (Å²) in [7, 11) is 0. The van der Waals surface area contributed by atoms with Gasteiger partial charge in [-0.3, -0.25) is 4.90 Å². The van der Waals surface area contributed by atoms with Crippen molar-refractivity contribution in [2.75, 3.05) is 13.2 Å². The van der Waals surface area contributed by atoms with E-state index in [2.05, 4.69) is 59.1 Å². The highest BCUT2D eigenvalue weighted by atomic mass is 16.5. The van der Waals surface area contributed by atoms with Crippen molar-refractivity contribution < 1.29 is 4.74 Å². The van der Waals surface area contributed by atoms with E-state index in [-0.39, 0.29) is 11.1 Å². The standard InChI is InChI=1S/C33H65NO/c1-8-12-13-14-15-16-17-18-19-20-21-22-23-24-25-26-28-35-31-29-32(6,10-3)34(27-9-2)33(7,11-4)30(31)5/h9,30-31H,2,8,10-29H2,1,3-7H3. The number of unbranched alkanes of at least 4 members (excludes halogenated alkanes) is 15. The van der Waals surface area contributed by atoms with Gasteiger partial charge in [0.05, 0.1) is 6.10 Å². The molecule has 1 heterocycles. The first-order valence-corrected chi connectivity index (χ1v) is 15.9. The van der Waals surface area contributed by atoms with Gasteiger partial charge < -0.3 is 4.74 Å². The molecule has 1 fully saturated rings. The summed E-state index contributed by atoms with van der Waals surface area (Å²) in [4.78, 5) is 2.73. The molecule has 35 heavy (non-hydrogen) atoms. The summed E-state index contributed by atoms with van der Waals surface area (Å²) in [5.41, 5.74) is 0.376. The molecule has 0 aromatic carbocycles. The maximum Gasteiger partial charge on any atom is 0.0635 e. The van der Waals surface area contributed by atoms with Gasteiger partial charge in [0.1, 0.15) is 0 Å². The van der Waals surface area contributed by atoms with Gasteiger partial charge in [0, 0.05) is 30.1 Å². The van der Waals surface area contributed by atoms with Crippen molar-refractivity contribution in [1.82, 2.24) is 4.90 Å². The molecule has 208 valence electrons. The molecule has 0 spiro atoms. The minimum absolute atomic E-state index is 0.177. The Morgan fingerprint density at radius 3 is 1.60 bits per heavy atom. The third-order valence-corrected chi connectivity index (χ3v) is 9.57. The Kier molecular flexibility index (Phi) is 17.6. The third-order valence-electron chi connectivity index (χ3n) is 9.57. The molecule has 0 bridgehead atoms. The smallest absolute Gasteiger partial charge is 0.0635 e. The number of hydrogen-bond acceptors (Lipinski definition) is 2. The second-order valence-corrected chi connectivity index (χ2v) is 12.2. The maximum absolute atomic E-state index is 6.58. The van der Waals surface area contributed by atoms with E-state index in [1.807, 2.05) is 0 Å². The first-order valence-electron chi connectivity index (χ1n) is 15.9. The summed E-state index contributed by atoms with van der Waals surface area (Å²) in [6.07, 6.45) is 28.6. The topological polar surface area (TPSA) is 12.5 Å². The van der Waals surface area contributed by atoms with Crippen molar-refractivity contribution >= 4 is 0 Å². The van der Waals surface area contributed by atoms with Gasteiger partial charge in [-0.2, -0.15) is 0 Å². The molecular formula is C33H65NO. The highest BCUT2D eigenvalue weighted by Gasteiger charge is 2.52. The van der Waals surface area contributed by atoms with Gasteiger partial charge in [0.25, 0.3) is 0 Å². The van der Waals surface area contributed by atoms with Crippen LogP contribution in [-0.2, 0) is 4.74 Å². The van der Waals surface area contributed by atoms with Crippen molar-refractivity contribution in [2.45, 2.75) is 181 Å². The molecule has 1 aliphatic rings. The lowest BCUT2D eigenvalue weighted by Gasteiger charge is -2.60. The van der Waals surface area contributed by atoms with Crippen LogP contribution in [0.4, 0.5) is 0 Å². The van der Waals surface area contributed by atoms with Gasteiger partial charge in [-0.1, -0.05) is 130 Å². The minimum atomic E-state index is 0.177. The predicted molar refractivity (Wildman–Crippen MR) is 157 cm³/mol. The maximum atomic E-state index is 6.58. The fourth-order valence-electron chi connectivity index (χ4n) is 6.48.